The fourth-order valence-corrected chi connectivity index (χ4v) is 8.74. The zero-order chi connectivity index (χ0) is 36.3. The third-order valence-electron chi connectivity index (χ3n) is 11.3. The quantitative estimate of drug-likeness (QED) is 0.167. The molecule has 0 N–H and O–H groups in total. The van der Waals surface area contributed by atoms with Crippen molar-refractivity contribution in [2.24, 2.45) is 0 Å². The number of hydrogen-bond acceptors (Lipinski definition) is 2. The molecule has 9 aromatic carbocycles. The summed E-state index contributed by atoms with van der Waals surface area (Å²) in [5.74, 6) is 0.710. The topological polar surface area (TPSA) is 25.8 Å². The number of benzene rings is 9. The molecule has 0 bridgehead atoms. The Morgan fingerprint density at radius 2 is 0.945 bits per heavy atom. The lowest BCUT2D eigenvalue weighted by Gasteiger charge is -2.18. The van der Waals surface area contributed by atoms with Crippen LogP contribution in [-0.2, 0) is 0 Å². The first-order valence-electron chi connectivity index (χ1n) is 19.0. The number of allylic oxidation sites excluding steroid dienone is 2. The minimum absolute atomic E-state index is 0.710. The van der Waals surface area contributed by atoms with Crippen molar-refractivity contribution in [3.8, 4) is 45.0 Å². The molecule has 1 heterocycles. The second-order valence-corrected chi connectivity index (χ2v) is 14.4. The molecule has 256 valence electrons. The van der Waals surface area contributed by atoms with Gasteiger partial charge in [-0.1, -0.05) is 188 Å². The van der Waals surface area contributed by atoms with E-state index in [4.69, 9.17) is 9.97 Å². The molecular formula is C53H34N2. The van der Waals surface area contributed by atoms with Gasteiger partial charge in [-0.3, -0.25) is 0 Å². The molecule has 0 radical (unpaired) electrons. The summed E-state index contributed by atoms with van der Waals surface area (Å²) in [4.78, 5) is 10.6. The molecule has 0 aliphatic heterocycles. The van der Waals surface area contributed by atoms with E-state index < -0.39 is 0 Å². The van der Waals surface area contributed by atoms with Gasteiger partial charge in [-0.05, 0) is 89.0 Å². The first-order valence-corrected chi connectivity index (χ1v) is 19.0. The van der Waals surface area contributed by atoms with E-state index in [9.17, 15) is 0 Å². The van der Waals surface area contributed by atoms with E-state index in [1.54, 1.807) is 0 Å². The highest BCUT2D eigenvalue weighted by Gasteiger charge is 2.20. The Morgan fingerprint density at radius 1 is 0.382 bits per heavy atom. The molecule has 1 aliphatic rings. The van der Waals surface area contributed by atoms with E-state index in [-0.39, 0.29) is 0 Å². The van der Waals surface area contributed by atoms with Crippen molar-refractivity contribution in [3.05, 3.63) is 205 Å². The van der Waals surface area contributed by atoms with Crippen molar-refractivity contribution in [1.82, 2.24) is 9.97 Å². The highest BCUT2D eigenvalue weighted by atomic mass is 14.9. The molecule has 1 aromatic heterocycles. The summed E-state index contributed by atoms with van der Waals surface area (Å²) in [6.45, 7) is 0. The highest BCUT2D eigenvalue weighted by Crippen LogP contribution is 2.43. The van der Waals surface area contributed by atoms with Crippen LogP contribution in [0.5, 0.6) is 0 Å². The molecule has 1 aliphatic carbocycles. The maximum atomic E-state index is 5.31. The zero-order valence-corrected chi connectivity index (χ0v) is 30.1. The fraction of sp³-hybridized carbons (Fsp3) is 0.0189. The summed E-state index contributed by atoms with van der Waals surface area (Å²) < 4.78 is 0. The summed E-state index contributed by atoms with van der Waals surface area (Å²) in [5, 5.41) is 10.1. The molecule has 2 nitrogen and oxygen atoms in total. The van der Waals surface area contributed by atoms with Crippen LogP contribution in [0.2, 0.25) is 0 Å². The molecule has 0 unspecified atom stereocenters. The average Bonchev–Trinajstić information content (AvgIpc) is 3.48. The van der Waals surface area contributed by atoms with Gasteiger partial charge < -0.3 is 0 Å². The number of rotatable bonds is 5. The summed E-state index contributed by atoms with van der Waals surface area (Å²) in [6, 6.07) is 63.4. The molecule has 0 fully saturated rings. The van der Waals surface area contributed by atoms with Gasteiger partial charge in [-0.25, -0.2) is 9.97 Å². The molecule has 2 heteroatoms. The lowest BCUT2D eigenvalue weighted by Crippen LogP contribution is -1.99. The van der Waals surface area contributed by atoms with Crippen LogP contribution in [0.25, 0.3) is 99.8 Å². The predicted molar refractivity (Wildman–Crippen MR) is 232 cm³/mol. The first kappa shape index (κ1) is 31.4. The first-order chi connectivity index (χ1) is 27.3. The van der Waals surface area contributed by atoms with Crippen molar-refractivity contribution in [1.29, 1.82) is 0 Å². The van der Waals surface area contributed by atoms with Gasteiger partial charge in [0.1, 0.15) is 0 Å². The molecule has 0 saturated heterocycles. The third kappa shape index (κ3) is 5.18. The Bertz CT molecular complexity index is 3140. The Labute approximate surface area is 319 Å². The van der Waals surface area contributed by atoms with Gasteiger partial charge in [-0.15, -0.1) is 0 Å². The number of hydrogen-bond donors (Lipinski definition) is 0. The van der Waals surface area contributed by atoms with Gasteiger partial charge in [0.15, 0.2) is 5.82 Å². The Kier molecular flexibility index (Phi) is 7.28. The molecule has 10 aromatic rings. The highest BCUT2D eigenvalue weighted by molar-refractivity contribution is 6.26. The maximum Gasteiger partial charge on any atom is 0.160 e. The van der Waals surface area contributed by atoms with E-state index in [0.717, 1.165) is 39.9 Å². The van der Waals surface area contributed by atoms with Crippen molar-refractivity contribution in [3.63, 3.8) is 0 Å². The minimum atomic E-state index is 0.710. The molecule has 0 atom stereocenters. The third-order valence-corrected chi connectivity index (χ3v) is 11.3. The number of nitrogens with zero attached hydrogens (tertiary/aromatic N) is 2. The van der Waals surface area contributed by atoms with Crippen LogP contribution in [-0.4, -0.2) is 9.97 Å². The van der Waals surface area contributed by atoms with E-state index in [1.165, 1.54) is 71.1 Å². The number of fused-ring (bicyclic) bond motifs is 2. The summed E-state index contributed by atoms with van der Waals surface area (Å²) in [5.41, 5.74) is 12.3. The normalized spacial score (nSPS) is 12.7. The smallest absolute Gasteiger partial charge is 0.160 e. The van der Waals surface area contributed by atoms with Crippen LogP contribution >= 0.6 is 0 Å². The van der Waals surface area contributed by atoms with Gasteiger partial charge in [0, 0.05) is 16.7 Å². The van der Waals surface area contributed by atoms with Gasteiger partial charge in [0.05, 0.1) is 11.4 Å². The Morgan fingerprint density at radius 3 is 1.73 bits per heavy atom. The van der Waals surface area contributed by atoms with Crippen LogP contribution in [0.4, 0.5) is 0 Å². The van der Waals surface area contributed by atoms with E-state index in [2.05, 4.69) is 188 Å². The minimum Gasteiger partial charge on any atom is -0.228 e. The standard InChI is InChI=1S/C53H34N2/c1-3-13-34(14-4-1)39-19-7-8-21-42-40(39)23-12-24-46(42)49-33-50(55-53(54-49)38-15-5-2-6-16-38)47-32-31-44(41-20-9-10-22-43(41)47)45-29-27-37-26-25-35-17-11-18-36-28-30-48(45)52(37)51(35)36/h1-6,8-33H,7H2. The van der Waals surface area contributed by atoms with E-state index >= 15 is 0 Å². The Balaban J connectivity index is 1.12. The molecule has 55 heavy (non-hydrogen) atoms. The molecule has 0 saturated carbocycles. The van der Waals surface area contributed by atoms with Crippen LogP contribution in [0.3, 0.4) is 0 Å². The second kappa shape index (κ2) is 12.8. The Hall–Kier alpha value is -7.16. The second-order valence-electron chi connectivity index (χ2n) is 14.4. The largest absolute Gasteiger partial charge is 0.228 e. The van der Waals surface area contributed by atoms with Crippen molar-refractivity contribution in [2.45, 2.75) is 6.42 Å². The summed E-state index contributed by atoms with van der Waals surface area (Å²) in [6.07, 6.45) is 7.72. The maximum absolute atomic E-state index is 5.31. The van der Waals surface area contributed by atoms with Crippen LogP contribution in [0.1, 0.15) is 23.1 Å². The van der Waals surface area contributed by atoms with Gasteiger partial charge >= 0.3 is 0 Å². The summed E-state index contributed by atoms with van der Waals surface area (Å²) >= 11 is 0. The van der Waals surface area contributed by atoms with Crippen LogP contribution in [0.15, 0.2) is 188 Å². The van der Waals surface area contributed by atoms with Gasteiger partial charge in [0.25, 0.3) is 0 Å². The lowest BCUT2D eigenvalue weighted by atomic mass is 9.87. The van der Waals surface area contributed by atoms with Crippen molar-refractivity contribution >= 4 is 54.7 Å². The fourth-order valence-electron chi connectivity index (χ4n) is 8.74. The van der Waals surface area contributed by atoms with Crippen LogP contribution in [0, 0.1) is 0 Å². The number of aromatic nitrogens is 2. The molecular weight excluding hydrogens is 665 g/mol. The lowest BCUT2D eigenvalue weighted by molar-refractivity contribution is 1.18. The monoisotopic (exact) mass is 698 g/mol. The van der Waals surface area contributed by atoms with Gasteiger partial charge in [0.2, 0.25) is 0 Å². The van der Waals surface area contributed by atoms with E-state index in [0.29, 0.717) is 5.82 Å². The zero-order valence-electron chi connectivity index (χ0n) is 30.1. The van der Waals surface area contributed by atoms with E-state index in [1.807, 2.05) is 6.07 Å². The SMILES string of the molecule is C1=Cc2c(cccc2-c2cc(-c3ccc(-c4ccc5ccc6cccc7ccc4c5c67)c4ccccc34)nc(-c3ccccc3)n2)C(c2ccccc2)=CC1. The van der Waals surface area contributed by atoms with Crippen molar-refractivity contribution in [2.75, 3.05) is 0 Å². The summed E-state index contributed by atoms with van der Waals surface area (Å²) in [7, 11) is 0. The van der Waals surface area contributed by atoms with Crippen molar-refractivity contribution < 1.29 is 0 Å². The van der Waals surface area contributed by atoms with Gasteiger partial charge in [-0.2, -0.15) is 0 Å². The van der Waals surface area contributed by atoms with Crippen LogP contribution < -0.4 is 0 Å². The molecule has 11 rings (SSSR count). The molecule has 0 spiro atoms. The average molecular weight is 699 g/mol. The predicted octanol–water partition coefficient (Wildman–Crippen LogP) is 14.0. The molecule has 0 amide bonds.